The van der Waals surface area contributed by atoms with Gasteiger partial charge >= 0.3 is 5.63 Å². The molecule has 4 rings (SSSR count). The van der Waals surface area contributed by atoms with Crippen LogP contribution >= 0.6 is 22.9 Å². The van der Waals surface area contributed by atoms with Gasteiger partial charge in [-0.15, -0.1) is 11.3 Å². The molecule has 0 spiro atoms. The number of rotatable bonds is 3. The number of benzene rings is 2. The summed E-state index contributed by atoms with van der Waals surface area (Å²) in [6, 6.07) is 14.6. The zero-order valence-corrected chi connectivity index (χ0v) is 14.7. The van der Waals surface area contributed by atoms with Gasteiger partial charge in [0.1, 0.15) is 16.3 Å². The van der Waals surface area contributed by atoms with E-state index in [1.807, 2.05) is 35.7 Å². The monoisotopic (exact) mass is 369 g/mol. The quantitative estimate of drug-likeness (QED) is 0.463. The number of fused-ring (bicyclic) bond motifs is 1. The average molecular weight is 370 g/mol. The molecule has 124 valence electrons. The van der Waals surface area contributed by atoms with Crippen molar-refractivity contribution in [3.05, 3.63) is 69.4 Å². The normalized spacial score (nSPS) is 11.0. The molecular formula is C19H12ClNO3S. The van der Waals surface area contributed by atoms with Crippen molar-refractivity contribution in [1.29, 1.82) is 0 Å². The second-order valence-electron chi connectivity index (χ2n) is 5.37. The maximum absolute atomic E-state index is 12.3. The van der Waals surface area contributed by atoms with Crippen LogP contribution in [-0.4, -0.2) is 12.1 Å². The fourth-order valence-corrected chi connectivity index (χ4v) is 3.70. The van der Waals surface area contributed by atoms with Crippen LogP contribution in [-0.2, 0) is 0 Å². The Morgan fingerprint density at radius 1 is 1.12 bits per heavy atom. The van der Waals surface area contributed by atoms with Crippen LogP contribution in [0.5, 0.6) is 5.75 Å². The molecule has 0 atom stereocenters. The van der Waals surface area contributed by atoms with Gasteiger partial charge in [0.25, 0.3) is 0 Å². The first kappa shape index (κ1) is 15.9. The Hall–Kier alpha value is -2.63. The molecule has 0 amide bonds. The van der Waals surface area contributed by atoms with Gasteiger partial charge in [-0.2, -0.15) is 0 Å². The third-order valence-electron chi connectivity index (χ3n) is 3.82. The Labute approximate surface area is 152 Å². The van der Waals surface area contributed by atoms with Gasteiger partial charge in [-0.3, -0.25) is 0 Å². The summed E-state index contributed by atoms with van der Waals surface area (Å²) in [4.78, 5) is 16.9. The van der Waals surface area contributed by atoms with E-state index < -0.39 is 5.63 Å². The standard InChI is InChI=1S/C19H12ClNO3S/c1-23-12-6-7-17-11(8-12)9-14(19(22)24-17)16-10-25-18(21-16)13-4-2-3-5-15(13)20/h2-10H,1H3. The van der Waals surface area contributed by atoms with Crippen molar-refractivity contribution < 1.29 is 9.15 Å². The lowest BCUT2D eigenvalue weighted by Crippen LogP contribution is -2.03. The summed E-state index contributed by atoms with van der Waals surface area (Å²) in [5, 5.41) is 3.99. The SMILES string of the molecule is COc1ccc2oc(=O)c(-c3csc(-c4ccccc4Cl)n3)cc2c1. The van der Waals surface area contributed by atoms with Crippen LogP contribution in [0.25, 0.3) is 32.8 Å². The molecule has 2 heterocycles. The van der Waals surface area contributed by atoms with E-state index in [1.54, 1.807) is 25.3 Å². The zero-order chi connectivity index (χ0) is 17.4. The highest BCUT2D eigenvalue weighted by Gasteiger charge is 2.14. The molecule has 2 aromatic carbocycles. The minimum atomic E-state index is -0.423. The van der Waals surface area contributed by atoms with Crippen molar-refractivity contribution in [3.8, 4) is 27.6 Å². The molecule has 0 fully saturated rings. The molecule has 0 saturated heterocycles. The lowest BCUT2D eigenvalue weighted by atomic mass is 10.1. The summed E-state index contributed by atoms with van der Waals surface area (Å²) in [6.45, 7) is 0. The minimum Gasteiger partial charge on any atom is -0.497 e. The van der Waals surface area contributed by atoms with Gasteiger partial charge < -0.3 is 9.15 Å². The fraction of sp³-hybridized carbons (Fsp3) is 0.0526. The van der Waals surface area contributed by atoms with Crippen molar-refractivity contribution in [2.24, 2.45) is 0 Å². The number of nitrogens with zero attached hydrogens (tertiary/aromatic N) is 1. The van der Waals surface area contributed by atoms with Crippen LogP contribution in [0.2, 0.25) is 5.02 Å². The van der Waals surface area contributed by atoms with Crippen LogP contribution in [0.15, 0.2) is 63.1 Å². The second-order valence-corrected chi connectivity index (χ2v) is 6.63. The molecular weight excluding hydrogens is 358 g/mol. The Morgan fingerprint density at radius 2 is 1.96 bits per heavy atom. The molecule has 4 nitrogen and oxygen atoms in total. The van der Waals surface area contributed by atoms with E-state index in [0.29, 0.717) is 27.6 Å². The van der Waals surface area contributed by atoms with Crippen LogP contribution in [0.4, 0.5) is 0 Å². The molecule has 0 unspecified atom stereocenters. The smallest absolute Gasteiger partial charge is 0.345 e. The van der Waals surface area contributed by atoms with E-state index in [2.05, 4.69) is 4.98 Å². The third kappa shape index (κ3) is 2.92. The Morgan fingerprint density at radius 3 is 2.76 bits per heavy atom. The van der Waals surface area contributed by atoms with E-state index in [-0.39, 0.29) is 0 Å². The molecule has 0 N–H and O–H groups in total. The maximum Gasteiger partial charge on any atom is 0.345 e. The van der Waals surface area contributed by atoms with Gasteiger partial charge in [-0.25, -0.2) is 9.78 Å². The fourth-order valence-electron chi connectivity index (χ4n) is 2.56. The van der Waals surface area contributed by atoms with E-state index in [0.717, 1.165) is 16.0 Å². The van der Waals surface area contributed by atoms with Gasteiger partial charge in [-0.05, 0) is 30.3 Å². The predicted molar refractivity (Wildman–Crippen MR) is 101 cm³/mol. The number of hydrogen-bond acceptors (Lipinski definition) is 5. The molecule has 0 saturated carbocycles. The van der Waals surface area contributed by atoms with Gasteiger partial charge in [0.15, 0.2) is 0 Å². The summed E-state index contributed by atoms with van der Waals surface area (Å²) < 4.78 is 10.6. The minimum absolute atomic E-state index is 0.412. The molecule has 0 bridgehead atoms. The summed E-state index contributed by atoms with van der Waals surface area (Å²) in [7, 11) is 1.59. The number of halogens is 1. The first-order valence-electron chi connectivity index (χ1n) is 7.48. The number of hydrogen-bond donors (Lipinski definition) is 0. The first-order valence-corrected chi connectivity index (χ1v) is 8.74. The predicted octanol–water partition coefficient (Wildman–Crippen LogP) is 5.25. The van der Waals surface area contributed by atoms with Crippen molar-refractivity contribution >= 4 is 33.9 Å². The Kier molecular flexibility index (Phi) is 4.03. The van der Waals surface area contributed by atoms with Crippen molar-refractivity contribution in [2.75, 3.05) is 7.11 Å². The van der Waals surface area contributed by atoms with Gasteiger partial charge in [0.05, 0.1) is 23.4 Å². The molecule has 6 heteroatoms. The van der Waals surface area contributed by atoms with Crippen molar-refractivity contribution in [2.45, 2.75) is 0 Å². The molecule has 0 radical (unpaired) electrons. The van der Waals surface area contributed by atoms with Crippen LogP contribution in [0.1, 0.15) is 0 Å². The largest absolute Gasteiger partial charge is 0.497 e. The highest BCUT2D eigenvalue weighted by atomic mass is 35.5. The lowest BCUT2D eigenvalue weighted by Gasteiger charge is -2.03. The molecule has 0 aliphatic carbocycles. The molecule has 0 aliphatic heterocycles. The van der Waals surface area contributed by atoms with Crippen LogP contribution in [0, 0.1) is 0 Å². The number of aromatic nitrogens is 1. The Balaban J connectivity index is 1.83. The highest BCUT2D eigenvalue weighted by Crippen LogP contribution is 2.33. The molecule has 25 heavy (non-hydrogen) atoms. The topological polar surface area (TPSA) is 52.3 Å². The summed E-state index contributed by atoms with van der Waals surface area (Å²) in [5.41, 5.74) is 1.91. The second kappa shape index (κ2) is 6.35. The zero-order valence-electron chi connectivity index (χ0n) is 13.2. The highest BCUT2D eigenvalue weighted by molar-refractivity contribution is 7.13. The number of methoxy groups -OCH3 is 1. The van der Waals surface area contributed by atoms with Crippen LogP contribution in [0.3, 0.4) is 0 Å². The molecule has 0 aliphatic rings. The van der Waals surface area contributed by atoms with Gasteiger partial charge in [0.2, 0.25) is 0 Å². The van der Waals surface area contributed by atoms with Gasteiger partial charge in [-0.1, -0.05) is 29.8 Å². The van der Waals surface area contributed by atoms with Gasteiger partial charge in [0, 0.05) is 16.3 Å². The third-order valence-corrected chi connectivity index (χ3v) is 5.03. The van der Waals surface area contributed by atoms with E-state index in [9.17, 15) is 4.79 Å². The van der Waals surface area contributed by atoms with E-state index in [4.69, 9.17) is 20.8 Å². The molecule has 2 aromatic heterocycles. The average Bonchev–Trinajstić information content (AvgIpc) is 3.10. The summed E-state index contributed by atoms with van der Waals surface area (Å²) in [5.74, 6) is 0.697. The first-order chi connectivity index (χ1) is 12.2. The van der Waals surface area contributed by atoms with E-state index in [1.165, 1.54) is 11.3 Å². The number of ether oxygens (including phenoxy) is 1. The summed E-state index contributed by atoms with van der Waals surface area (Å²) >= 11 is 7.66. The Bertz CT molecular complexity index is 1130. The number of thiazole rings is 1. The summed E-state index contributed by atoms with van der Waals surface area (Å²) in [6.07, 6.45) is 0. The van der Waals surface area contributed by atoms with Crippen molar-refractivity contribution in [1.82, 2.24) is 4.98 Å². The van der Waals surface area contributed by atoms with E-state index >= 15 is 0 Å². The van der Waals surface area contributed by atoms with Crippen molar-refractivity contribution in [3.63, 3.8) is 0 Å². The lowest BCUT2D eigenvalue weighted by molar-refractivity contribution is 0.415. The van der Waals surface area contributed by atoms with Crippen LogP contribution < -0.4 is 10.4 Å². The molecule has 4 aromatic rings. The maximum atomic E-state index is 12.3.